The van der Waals surface area contributed by atoms with Gasteiger partial charge >= 0.3 is 6.03 Å². The Morgan fingerprint density at radius 1 is 1.35 bits per heavy atom. The van der Waals surface area contributed by atoms with Crippen molar-refractivity contribution in [2.24, 2.45) is 0 Å². The minimum absolute atomic E-state index is 0.258. The van der Waals surface area contributed by atoms with Crippen molar-refractivity contribution in [3.63, 3.8) is 0 Å². The van der Waals surface area contributed by atoms with E-state index in [1.54, 1.807) is 19.1 Å². The van der Waals surface area contributed by atoms with Crippen LogP contribution in [0.2, 0.25) is 10.0 Å². The summed E-state index contributed by atoms with van der Waals surface area (Å²) in [5.74, 6) is -0.790. The molecular weight excluding hydrogens is 303 g/mol. The fourth-order valence-electron chi connectivity index (χ4n) is 2.14. The van der Waals surface area contributed by atoms with Gasteiger partial charge in [-0.3, -0.25) is 14.5 Å². The van der Waals surface area contributed by atoms with Gasteiger partial charge in [-0.2, -0.15) is 0 Å². The fraction of sp³-hybridized carbons (Fsp3) is 0.308. The Balaban J connectivity index is 2.43. The number of nitrogens with one attached hydrogen (secondary N) is 1. The van der Waals surface area contributed by atoms with Crippen LogP contribution in [0, 0.1) is 0 Å². The number of rotatable bonds is 3. The average Bonchev–Trinajstić information content (AvgIpc) is 2.53. The molecule has 5 nitrogen and oxygen atoms in total. The van der Waals surface area contributed by atoms with Crippen LogP contribution >= 0.6 is 23.2 Å². The summed E-state index contributed by atoms with van der Waals surface area (Å²) < 4.78 is 0. The predicted octanol–water partition coefficient (Wildman–Crippen LogP) is 2.35. The van der Waals surface area contributed by atoms with Gasteiger partial charge in [0.05, 0.1) is 6.54 Å². The van der Waals surface area contributed by atoms with E-state index in [1.165, 1.54) is 13.0 Å². The Labute approximate surface area is 125 Å². The molecule has 1 aliphatic rings. The second-order valence-electron chi connectivity index (χ2n) is 4.77. The number of urea groups is 1. The van der Waals surface area contributed by atoms with Crippen molar-refractivity contribution in [2.75, 3.05) is 6.54 Å². The Morgan fingerprint density at radius 3 is 2.55 bits per heavy atom. The summed E-state index contributed by atoms with van der Waals surface area (Å²) in [6.45, 7) is 2.60. The number of carbonyl (C=O) groups is 3. The fourth-order valence-corrected chi connectivity index (χ4v) is 2.74. The van der Waals surface area contributed by atoms with E-state index in [0.717, 1.165) is 4.90 Å². The Bertz CT molecular complexity index is 618. The van der Waals surface area contributed by atoms with E-state index in [2.05, 4.69) is 5.32 Å². The van der Waals surface area contributed by atoms with Crippen molar-refractivity contribution in [3.8, 4) is 0 Å². The number of imide groups is 1. The first kappa shape index (κ1) is 14.8. The molecule has 106 valence electrons. The summed E-state index contributed by atoms with van der Waals surface area (Å²) in [7, 11) is 0. The third-order valence-electron chi connectivity index (χ3n) is 3.13. The lowest BCUT2D eigenvalue weighted by Crippen LogP contribution is -2.41. The van der Waals surface area contributed by atoms with Gasteiger partial charge in [-0.1, -0.05) is 29.3 Å². The summed E-state index contributed by atoms with van der Waals surface area (Å²) in [6, 6.07) is 4.05. The molecule has 1 atom stereocenters. The highest BCUT2D eigenvalue weighted by Crippen LogP contribution is 2.34. The average molecular weight is 315 g/mol. The number of amides is 3. The first-order valence-corrected chi connectivity index (χ1v) is 6.60. The van der Waals surface area contributed by atoms with Crippen LogP contribution in [0.4, 0.5) is 4.79 Å². The number of halogens is 2. The first-order chi connectivity index (χ1) is 9.25. The highest BCUT2D eigenvalue weighted by atomic mass is 35.5. The second kappa shape index (κ2) is 5.07. The minimum Gasteiger partial charge on any atom is -0.319 e. The summed E-state index contributed by atoms with van der Waals surface area (Å²) in [6.07, 6.45) is 0. The Kier molecular flexibility index (Phi) is 3.75. The van der Waals surface area contributed by atoms with Gasteiger partial charge in [-0.25, -0.2) is 4.79 Å². The zero-order valence-corrected chi connectivity index (χ0v) is 12.4. The van der Waals surface area contributed by atoms with Crippen LogP contribution in [0.25, 0.3) is 0 Å². The van der Waals surface area contributed by atoms with Crippen LogP contribution in [0.1, 0.15) is 19.4 Å². The van der Waals surface area contributed by atoms with E-state index < -0.39 is 17.5 Å². The van der Waals surface area contributed by atoms with E-state index in [4.69, 9.17) is 23.2 Å². The largest absolute Gasteiger partial charge is 0.325 e. The lowest BCUT2D eigenvalue weighted by atomic mass is 9.92. The molecule has 0 aromatic heterocycles. The highest BCUT2D eigenvalue weighted by molar-refractivity contribution is 6.35. The van der Waals surface area contributed by atoms with Crippen molar-refractivity contribution in [3.05, 3.63) is 33.8 Å². The maximum Gasteiger partial charge on any atom is 0.325 e. The van der Waals surface area contributed by atoms with Gasteiger partial charge in [0, 0.05) is 15.6 Å². The van der Waals surface area contributed by atoms with Crippen molar-refractivity contribution < 1.29 is 14.4 Å². The number of hydrogen-bond donors (Lipinski definition) is 1. The van der Waals surface area contributed by atoms with Gasteiger partial charge < -0.3 is 5.32 Å². The highest BCUT2D eigenvalue weighted by Gasteiger charge is 2.50. The second-order valence-corrected chi connectivity index (χ2v) is 5.62. The normalized spacial score (nSPS) is 22.1. The van der Waals surface area contributed by atoms with Crippen LogP contribution in [0.15, 0.2) is 18.2 Å². The number of nitrogens with zero attached hydrogens (tertiary/aromatic N) is 1. The molecule has 0 aliphatic carbocycles. The standard InChI is InChI=1S/C13H12Cl2N2O3/c1-7(18)6-17-11(19)13(2,16-12(17)20)9-4-3-8(14)5-10(9)15/h3-5H,6H2,1-2H3,(H,16,20)/t13-/m1/s1. The molecule has 1 aromatic carbocycles. The maximum absolute atomic E-state index is 12.4. The van der Waals surface area contributed by atoms with E-state index in [-0.39, 0.29) is 17.4 Å². The third kappa shape index (κ3) is 2.39. The van der Waals surface area contributed by atoms with Gasteiger partial charge in [0.1, 0.15) is 11.3 Å². The molecule has 1 heterocycles. The number of hydrogen-bond acceptors (Lipinski definition) is 3. The Morgan fingerprint density at radius 2 is 2.00 bits per heavy atom. The van der Waals surface area contributed by atoms with E-state index in [0.29, 0.717) is 10.6 Å². The molecule has 0 radical (unpaired) electrons. The van der Waals surface area contributed by atoms with Crippen LogP contribution in [-0.2, 0) is 15.1 Å². The monoisotopic (exact) mass is 314 g/mol. The molecule has 2 rings (SSSR count). The number of Topliss-reactive ketones (excluding diaryl/α,β-unsaturated/α-hetero) is 1. The molecule has 1 N–H and O–H groups in total. The molecule has 20 heavy (non-hydrogen) atoms. The van der Waals surface area contributed by atoms with E-state index >= 15 is 0 Å². The van der Waals surface area contributed by atoms with Crippen molar-refractivity contribution in [1.82, 2.24) is 10.2 Å². The van der Waals surface area contributed by atoms with Crippen LogP contribution in [-0.4, -0.2) is 29.2 Å². The van der Waals surface area contributed by atoms with E-state index in [9.17, 15) is 14.4 Å². The summed E-state index contributed by atoms with van der Waals surface area (Å²) in [5.41, 5.74) is -0.859. The van der Waals surface area contributed by atoms with Crippen molar-refractivity contribution >= 4 is 40.9 Å². The number of ketones is 1. The van der Waals surface area contributed by atoms with Crippen molar-refractivity contribution in [2.45, 2.75) is 19.4 Å². The van der Waals surface area contributed by atoms with Gasteiger partial charge in [-0.15, -0.1) is 0 Å². The molecule has 1 aromatic rings. The summed E-state index contributed by atoms with van der Waals surface area (Å²) in [5, 5.41) is 3.28. The minimum atomic E-state index is -1.30. The molecule has 0 spiro atoms. The lowest BCUT2D eigenvalue weighted by molar-refractivity contribution is -0.133. The lowest BCUT2D eigenvalue weighted by Gasteiger charge is -2.23. The molecule has 0 bridgehead atoms. The maximum atomic E-state index is 12.4. The van der Waals surface area contributed by atoms with Gasteiger partial charge in [-0.05, 0) is 26.0 Å². The van der Waals surface area contributed by atoms with Gasteiger partial charge in [0.2, 0.25) is 0 Å². The number of benzene rings is 1. The molecule has 0 saturated carbocycles. The number of carbonyl (C=O) groups excluding carboxylic acids is 3. The summed E-state index contributed by atoms with van der Waals surface area (Å²) in [4.78, 5) is 36.3. The third-order valence-corrected chi connectivity index (χ3v) is 3.67. The zero-order valence-electron chi connectivity index (χ0n) is 10.9. The van der Waals surface area contributed by atoms with Gasteiger partial charge in [0.25, 0.3) is 5.91 Å². The van der Waals surface area contributed by atoms with Gasteiger partial charge in [0.15, 0.2) is 0 Å². The molecule has 3 amide bonds. The smallest absolute Gasteiger partial charge is 0.319 e. The van der Waals surface area contributed by atoms with Crippen LogP contribution < -0.4 is 5.32 Å². The Hall–Kier alpha value is -1.59. The molecular formula is C13H12Cl2N2O3. The molecule has 1 fully saturated rings. The quantitative estimate of drug-likeness (QED) is 0.871. The van der Waals surface area contributed by atoms with Crippen LogP contribution in [0.3, 0.4) is 0 Å². The molecule has 0 unspecified atom stereocenters. The zero-order chi connectivity index (χ0) is 15.1. The molecule has 7 heteroatoms. The SMILES string of the molecule is CC(=O)CN1C(=O)N[C@](C)(c2ccc(Cl)cc2Cl)C1=O. The topological polar surface area (TPSA) is 66.5 Å². The molecule has 1 saturated heterocycles. The summed E-state index contributed by atoms with van der Waals surface area (Å²) >= 11 is 11.9. The molecule has 1 aliphatic heterocycles. The predicted molar refractivity (Wildman–Crippen MR) is 74.7 cm³/mol. The van der Waals surface area contributed by atoms with Crippen molar-refractivity contribution in [1.29, 1.82) is 0 Å². The first-order valence-electron chi connectivity index (χ1n) is 5.85. The van der Waals surface area contributed by atoms with E-state index in [1.807, 2.05) is 0 Å². The van der Waals surface area contributed by atoms with Crippen LogP contribution in [0.5, 0.6) is 0 Å².